The van der Waals surface area contributed by atoms with Crippen molar-refractivity contribution in [3.8, 4) is 11.5 Å². The lowest BCUT2D eigenvalue weighted by Gasteiger charge is -2.12. The first-order valence-corrected chi connectivity index (χ1v) is 6.40. The van der Waals surface area contributed by atoms with E-state index in [1.165, 1.54) is 11.1 Å². The monoisotopic (exact) mass is 254 g/mol. The molecule has 0 bridgehead atoms. The second-order valence-corrected chi connectivity index (χ2v) is 4.55. The Morgan fingerprint density at radius 1 is 0.789 bits per heavy atom. The molecule has 0 aromatic heterocycles. The van der Waals surface area contributed by atoms with Crippen LogP contribution >= 0.6 is 0 Å². The van der Waals surface area contributed by atoms with Gasteiger partial charge in [0.1, 0.15) is 11.5 Å². The molecule has 0 saturated heterocycles. The number of hydrogen-bond donors (Lipinski definition) is 2. The lowest BCUT2D eigenvalue weighted by atomic mass is 9.94. The average molecular weight is 254 g/mol. The van der Waals surface area contributed by atoms with Crippen LogP contribution in [0.5, 0.6) is 11.5 Å². The molecule has 2 heteroatoms. The molecule has 98 valence electrons. The van der Waals surface area contributed by atoms with Crippen molar-refractivity contribution in [3.05, 3.63) is 59.7 Å². The molecule has 0 amide bonds. The molecule has 0 unspecified atom stereocenters. The van der Waals surface area contributed by atoms with Crippen molar-refractivity contribution in [2.24, 2.45) is 0 Å². The Kier molecular flexibility index (Phi) is 3.91. The van der Waals surface area contributed by atoms with E-state index in [0.29, 0.717) is 0 Å². The van der Waals surface area contributed by atoms with Crippen molar-refractivity contribution in [2.75, 3.05) is 0 Å². The van der Waals surface area contributed by atoms with Crippen molar-refractivity contribution >= 4 is 11.1 Å². The zero-order valence-corrected chi connectivity index (χ0v) is 11.2. The Hall–Kier alpha value is -2.22. The number of aromatic hydroxyl groups is 2. The van der Waals surface area contributed by atoms with Crippen molar-refractivity contribution in [1.29, 1.82) is 0 Å². The van der Waals surface area contributed by atoms with Gasteiger partial charge in [-0.15, -0.1) is 0 Å². The van der Waals surface area contributed by atoms with Crippen molar-refractivity contribution in [3.63, 3.8) is 0 Å². The van der Waals surface area contributed by atoms with E-state index in [1.54, 1.807) is 24.3 Å². The molecule has 0 aliphatic heterocycles. The van der Waals surface area contributed by atoms with Gasteiger partial charge in [-0.05, 0) is 59.9 Å². The van der Waals surface area contributed by atoms with Gasteiger partial charge >= 0.3 is 0 Å². The van der Waals surface area contributed by atoms with E-state index in [2.05, 4.69) is 13.8 Å². The van der Waals surface area contributed by atoms with Gasteiger partial charge in [0.2, 0.25) is 0 Å². The summed E-state index contributed by atoms with van der Waals surface area (Å²) in [6.45, 7) is 4.20. The van der Waals surface area contributed by atoms with Crippen LogP contribution in [0.4, 0.5) is 0 Å². The topological polar surface area (TPSA) is 40.5 Å². The smallest absolute Gasteiger partial charge is 0.115 e. The molecule has 2 rings (SSSR count). The highest BCUT2D eigenvalue weighted by Gasteiger charge is 2.06. The van der Waals surface area contributed by atoms with Gasteiger partial charge in [0.15, 0.2) is 0 Å². The zero-order valence-electron chi connectivity index (χ0n) is 11.2. The van der Waals surface area contributed by atoms with Crippen LogP contribution < -0.4 is 0 Å². The van der Waals surface area contributed by atoms with Crippen molar-refractivity contribution < 1.29 is 10.2 Å². The van der Waals surface area contributed by atoms with E-state index < -0.39 is 0 Å². The van der Waals surface area contributed by atoms with Gasteiger partial charge in [0.05, 0.1) is 0 Å². The first-order valence-electron chi connectivity index (χ1n) is 6.40. The maximum atomic E-state index is 9.35. The quantitative estimate of drug-likeness (QED) is 0.795. The van der Waals surface area contributed by atoms with Crippen LogP contribution in [0.25, 0.3) is 11.1 Å². The molecule has 0 aliphatic carbocycles. The molecule has 0 saturated carbocycles. The van der Waals surface area contributed by atoms with Gasteiger partial charge in [-0.25, -0.2) is 0 Å². The maximum absolute atomic E-state index is 9.35. The molecule has 2 aromatic rings. The first kappa shape index (κ1) is 13.2. The van der Waals surface area contributed by atoms with Crippen LogP contribution in [0.15, 0.2) is 48.5 Å². The third-order valence-electron chi connectivity index (χ3n) is 3.32. The normalized spacial score (nSPS) is 12.1. The minimum Gasteiger partial charge on any atom is -0.508 e. The van der Waals surface area contributed by atoms with Gasteiger partial charge in [-0.2, -0.15) is 0 Å². The maximum Gasteiger partial charge on any atom is 0.115 e. The Morgan fingerprint density at radius 2 is 1.21 bits per heavy atom. The average Bonchev–Trinajstić information content (AvgIpc) is 2.42. The van der Waals surface area contributed by atoms with Crippen LogP contribution in [-0.2, 0) is 0 Å². The van der Waals surface area contributed by atoms with Gasteiger partial charge in [0, 0.05) is 0 Å². The van der Waals surface area contributed by atoms with Gasteiger partial charge in [-0.3, -0.25) is 0 Å². The highest BCUT2D eigenvalue weighted by atomic mass is 16.3. The third-order valence-corrected chi connectivity index (χ3v) is 3.32. The largest absolute Gasteiger partial charge is 0.508 e. The molecule has 0 aliphatic rings. The summed E-state index contributed by atoms with van der Waals surface area (Å²) >= 11 is 0. The van der Waals surface area contributed by atoms with Gasteiger partial charge < -0.3 is 10.2 Å². The molecule has 0 heterocycles. The standard InChI is InChI=1S/C17H18O2/c1-3-17(14-6-10-16(19)11-7-14)12(2)13-4-8-15(18)9-5-13/h4-11,18-19H,3H2,1-2H3. The molecule has 2 nitrogen and oxygen atoms in total. The lowest BCUT2D eigenvalue weighted by Crippen LogP contribution is -1.88. The molecule has 0 spiro atoms. The Morgan fingerprint density at radius 3 is 1.63 bits per heavy atom. The highest BCUT2D eigenvalue weighted by molar-refractivity contribution is 5.89. The predicted molar refractivity (Wildman–Crippen MR) is 79.0 cm³/mol. The number of rotatable bonds is 3. The molecule has 0 atom stereocenters. The molecular weight excluding hydrogens is 236 g/mol. The minimum atomic E-state index is 0.277. The fourth-order valence-corrected chi connectivity index (χ4v) is 2.23. The second-order valence-electron chi connectivity index (χ2n) is 4.55. The highest BCUT2D eigenvalue weighted by Crippen LogP contribution is 2.30. The van der Waals surface area contributed by atoms with Crippen LogP contribution in [0.3, 0.4) is 0 Å². The van der Waals surface area contributed by atoms with E-state index in [-0.39, 0.29) is 11.5 Å². The summed E-state index contributed by atoms with van der Waals surface area (Å²) in [5.41, 5.74) is 4.65. The first-order chi connectivity index (χ1) is 9.11. The van der Waals surface area contributed by atoms with E-state index in [4.69, 9.17) is 0 Å². The van der Waals surface area contributed by atoms with Crippen molar-refractivity contribution in [1.82, 2.24) is 0 Å². The predicted octanol–water partition coefficient (Wildman–Crippen LogP) is 4.44. The number of benzene rings is 2. The SMILES string of the molecule is CCC(=C(C)c1ccc(O)cc1)c1ccc(O)cc1. The molecule has 0 radical (unpaired) electrons. The van der Waals surface area contributed by atoms with E-state index in [9.17, 15) is 10.2 Å². The minimum absolute atomic E-state index is 0.277. The number of phenols is 2. The summed E-state index contributed by atoms with van der Waals surface area (Å²) < 4.78 is 0. The summed E-state index contributed by atoms with van der Waals surface area (Å²) in [7, 11) is 0. The molecule has 2 N–H and O–H groups in total. The lowest BCUT2D eigenvalue weighted by molar-refractivity contribution is 0.474. The van der Waals surface area contributed by atoms with Crippen LogP contribution in [0.2, 0.25) is 0 Å². The number of hydrogen-bond acceptors (Lipinski definition) is 2. The summed E-state index contributed by atoms with van der Waals surface area (Å²) in [5, 5.41) is 18.7. The Balaban J connectivity index is 2.46. The Labute approximate surface area is 113 Å². The summed E-state index contributed by atoms with van der Waals surface area (Å²) in [5.74, 6) is 0.556. The number of allylic oxidation sites excluding steroid dienone is 2. The van der Waals surface area contributed by atoms with Crippen LogP contribution in [0, 0.1) is 0 Å². The van der Waals surface area contributed by atoms with E-state index in [0.717, 1.165) is 17.5 Å². The molecule has 2 aromatic carbocycles. The third kappa shape index (κ3) is 2.97. The second kappa shape index (κ2) is 5.61. The van der Waals surface area contributed by atoms with Crippen LogP contribution in [-0.4, -0.2) is 10.2 Å². The van der Waals surface area contributed by atoms with Crippen molar-refractivity contribution in [2.45, 2.75) is 20.3 Å². The van der Waals surface area contributed by atoms with Gasteiger partial charge in [0.25, 0.3) is 0 Å². The fraction of sp³-hybridized carbons (Fsp3) is 0.176. The summed E-state index contributed by atoms with van der Waals surface area (Å²) in [6, 6.07) is 14.5. The summed E-state index contributed by atoms with van der Waals surface area (Å²) in [4.78, 5) is 0. The zero-order chi connectivity index (χ0) is 13.8. The van der Waals surface area contributed by atoms with E-state index in [1.807, 2.05) is 24.3 Å². The van der Waals surface area contributed by atoms with Gasteiger partial charge in [-0.1, -0.05) is 31.2 Å². The molecular formula is C17H18O2. The van der Waals surface area contributed by atoms with E-state index >= 15 is 0 Å². The van der Waals surface area contributed by atoms with Crippen LogP contribution in [0.1, 0.15) is 31.4 Å². The Bertz CT molecular complexity index is 578. The fourth-order valence-electron chi connectivity index (χ4n) is 2.23. The molecule has 0 fully saturated rings. The number of phenolic OH excluding ortho intramolecular Hbond substituents is 2. The summed E-state index contributed by atoms with van der Waals surface area (Å²) in [6.07, 6.45) is 0.914. The molecule has 19 heavy (non-hydrogen) atoms.